The van der Waals surface area contributed by atoms with Gasteiger partial charge in [0.25, 0.3) is 5.69 Å². The van der Waals surface area contributed by atoms with Crippen LogP contribution >= 0.6 is 0 Å². The molecular formula is C20H22N4O4. The van der Waals surface area contributed by atoms with Crippen molar-refractivity contribution in [2.45, 2.75) is 33.6 Å². The SMILES string of the molecule is Cc1cc(C)c(NC(=O)CCC(=O)N/N=C\c2ccc([N+](=O)[O-])cc2)c(C)c1. The molecule has 2 N–H and O–H groups in total. The van der Waals surface area contributed by atoms with E-state index in [9.17, 15) is 19.7 Å². The summed E-state index contributed by atoms with van der Waals surface area (Å²) in [5.74, 6) is -0.643. The van der Waals surface area contributed by atoms with Crippen molar-refractivity contribution < 1.29 is 14.5 Å². The molecule has 146 valence electrons. The molecule has 2 aromatic carbocycles. The number of rotatable bonds is 7. The summed E-state index contributed by atoms with van der Waals surface area (Å²) in [4.78, 5) is 34.0. The first kappa shape index (κ1) is 20.8. The highest BCUT2D eigenvalue weighted by atomic mass is 16.6. The van der Waals surface area contributed by atoms with E-state index in [0.29, 0.717) is 5.56 Å². The molecule has 2 rings (SSSR count). The molecule has 0 spiro atoms. The number of nitrogens with zero attached hydrogens (tertiary/aromatic N) is 2. The van der Waals surface area contributed by atoms with Crippen LogP contribution in [0.15, 0.2) is 41.5 Å². The van der Waals surface area contributed by atoms with E-state index >= 15 is 0 Å². The normalized spacial score (nSPS) is 10.7. The predicted octanol–water partition coefficient (Wildman–Crippen LogP) is 3.39. The zero-order chi connectivity index (χ0) is 20.7. The summed E-state index contributed by atoms with van der Waals surface area (Å²) >= 11 is 0. The highest BCUT2D eigenvalue weighted by Crippen LogP contribution is 2.22. The number of carbonyl (C=O) groups excluding carboxylic acids is 2. The number of amides is 2. The molecule has 0 aliphatic rings. The van der Waals surface area contributed by atoms with Crippen molar-refractivity contribution in [3.05, 3.63) is 68.8 Å². The van der Waals surface area contributed by atoms with Gasteiger partial charge in [-0.25, -0.2) is 5.43 Å². The number of aryl methyl sites for hydroxylation is 3. The molecule has 0 fully saturated rings. The van der Waals surface area contributed by atoms with Crippen LogP contribution in [0.3, 0.4) is 0 Å². The molecule has 2 amide bonds. The number of non-ortho nitro benzene ring substituents is 1. The Labute approximate surface area is 162 Å². The van der Waals surface area contributed by atoms with E-state index in [1.165, 1.54) is 30.5 Å². The van der Waals surface area contributed by atoms with Crippen LogP contribution in [0.25, 0.3) is 0 Å². The smallest absolute Gasteiger partial charge is 0.269 e. The van der Waals surface area contributed by atoms with Crippen molar-refractivity contribution in [3.63, 3.8) is 0 Å². The van der Waals surface area contributed by atoms with Gasteiger partial charge in [-0.1, -0.05) is 17.7 Å². The Hall–Kier alpha value is -3.55. The Morgan fingerprint density at radius 1 is 1.04 bits per heavy atom. The second kappa shape index (κ2) is 9.40. The summed E-state index contributed by atoms with van der Waals surface area (Å²) in [6, 6.07) is 9.72. The van der Waals surface area contributed by atoms with E-state index in [-0.39, 0.29) is 24.4 Å². The molecule has 0 saturated carbocycles. The first-order valence-electron chi connectivity index (χ1n) is 8.70. The lowest BCUT2D eigenvalue weighted by Gasteiger charge is -2.12. The Bertz CT molecular complexity index is 897. The van der Waals surface area contributed by atoms with Gasteiger partial charge in [0, 0.05) is 30.7 Å². The second-order valence-corrected chi connectivity index (χ2v) is 6.46. The van der Waals surface area contributed by atoms with Gasteiger partial charge in [-0.3, -0.25) is 19.7 Å². The van der Waals surface area contributed by atoms with E-state index in [1.807, 2.05) is 32.9 Å². The van der Waals surface area contributed by atoms with Gasteiger partial charge in [0.15, 0.2) is 0 Å². The minimum atomic E-state index is -0.493. The van der Waals surface area contributed by atoms with Gasteiger partial charge < -0.3 is 5.32 Å². The second-order valence-electron chi connectivity index (χ2n) is 6.46. The summed E-state index contributed by atoms with van der Waals surface area (Å²) in [6.45, 7) is 5.84. The Kier molecular flexibility index (Phi) is 6.97. The number of nitro benzene ring substituents is 1. The fourth-order valence-corrected chi connectivity index (χ4v) is 2.72. The van der Waals surface area contributed by atoms with Crippen molar-refractivity contribution in [2.24, 2.45) is 5.10 Å². The maximum absolute atomic E-state index is 12.1. The monoisotopic (exact) mass is 382 g/mol. The van der Waals surface area contributed by atoms with E-state index < -0.39 is 10.8 Å². The molecular weight excluding hydrogens is 360 g/mol. The van der Waals surface area contributed by atoms with E-state index in [4.69, 9.17) is 0 Å². The highest BCUT2D eigenvalue weighted by molar-refractivity contribution is 5.94. The third kappa shape index (κ3) is 6.01. The maximum atomic E-state index is 12.1. The van der Waals surface area contributed by atoms with Crippen LogP contribution in [0, 0.1) is 30.9 Å². The summed E-state index contributed by atoms with van der Waals surface area (Å²) in [5.41, 5.74) is 6.76. The molecule has 28 heavy (non-hydrogen) atoms. The lowest BCUT2D eigenvalue weighted by molar-refractivity contribution is -0.384. The lowest BCUT2D eigenvalue weighted by atomic mass is 10.0. The molecule has 8 heteroatoms. The highest BCUT2D eigenvalue weighted by Gasteiger charge is 2.10. The fourth-order valence-electron chi connectivity index (χ4n) is 2.72. The molecule has 0 unspecified atom stereocenters. The van der Waals surface area contributed by atoms with E-state index in [2.05, 4.69) is 15.8 Å². The third-order valence-electron chi connectivity index (χ3n) is 4.03. The van der Waals surface area contributed by atoms with Crippen LogP contribution in [-0.2, 0) is 9.59 Å². The molecule has 2 aromatic rings. The fraction of sp³-hybridized carbons (Fsp3) is 0.250. The summed E-state index contributed by atoms with van der Waals surface area (Å²) in [5, 5.41) is 17.2. The minimum absolute atomic E-state index is 0.00656. The molecule has 0 atom stereocenters. The topological polar surface area (TPSA) is 114 Å². The first-order valence-corrected chi connectivity index (χ1v) is 8.70. The van der Waals surface area contributed by atoms with Gasteiger partial charge in [0.2, 0.25) is 11.8 Å². The quantitative estimate of drug-likeness (QED) is 0.434. The molecule has 0 heterocycles. The third-order valence-corrected chi connectivity index (χ3v) is 4.03. The van der Waals surface area contributed by atoms with Gasteiger partial charge in [0.05, 0.1) is 11.1 Å². The van der Waals surface area contributed by atoms with Crippen LogP contribution < -0.4 is 10.7 Å². The number of hydrogen-bond acceptors (Lipinski definition) is 5. The van der Waals surface area contributed by atoms with Gasteiger partial charge in [-0.15, -0.1) is 0 Å². The first-order chi connectivity index (χ1) is 13.3. The molecule has 8 nitrogen and oxygen atoms in total. The Morgan fingerprint density at radius 3 is 2.18 bits per heavy atom. The van der Waals surface area contributed by atoms with Crippen molar-refractivity contribution in [1.29, 1.82) is 0 Å². The standard InChI is InChI=1S/C20H22N4O4/c1-13-10-14(2)20(15(3)11-13)22-18(25)8-9-19(26)23-21-12-16-4-6-17(7-5-16)24(27)28/h4-7,10-12H,8-9H2,1-3H3,(H,22,25)(H,23,26)/b21-12-. The number of hydrazone groups is 1. The van der Waals surface area contributed by atoms with Crippen molar-refractivity contribution >= 4 is 29.4 Å². The number of hydrogen-bond donors (Lipinski definition) is 2. The number of nitrogens with one attached hydrogen (secondary N) is 2. The minimum Gasteiger partial charge on any atom is -0.326 e. The van der Waals surface area contributed by atoms with Crippen molar-refractivity contribution in [1.82, 2.24) is 5.43 Å². The summed E-state index contributed by atoms with van der Waals surface area (Å²) in [7, 11) is 0. The van der Waals surface area contributed by atoms with Crippen LogP contribution in [-0.4, -0.2) is 23.0 Å². The van der Waals surface area contributed by atoms with E-state index in [1.54, 1.807) is 0 Å². The van der Waals surface area contributed by atoms with Gasteiger partial charge in [-0.2, -0.15) is 5.10 Å². The van der Waals surface area contributed by atoms with Crippen LogP contribution in [0.2, 0.25) is 0 Å². The number of benzene rings is 2. The zero-order valence-corrected chi connectivity index (χ0v) is 16.0. The van der Waals surface area contributed by atoms with Gasteiger partial charge in [0.1, 0.15) is 0 Å². The molecule has 0 bridgehead atoms. The number of anilines is 1. The summed E-state index contributed by atoms with van der Waals surface area (Å²) in [6.07, 6.45) is 1.40. The average Bonchev–Trinajstić information content (AvgIpc) is 2.63. The average molecular weight is 382 g/mol. The Morgan fingerprint density at radius 2 is 1.61 bits per heavy atom. The molecule has 0 radical (unpaired) electrons. The molecule has 0 aromatic heterocycles. The predicted molar refractivity (Wildman–Crippen MR) is 107 cm³/mol. The largest absolute Gasteiger partial charge is 0.326 e. The molecule has 0 saturated heterocycles. The van der Waals surface area contributed by atoms with Crippen LogP contribution in [0.5, 0.6) is 0 Å². The van der Waals surface area contributed by atoms with Crippen molar-refractivity contribution in [3.8, 4) is 0 Å². The number of carbonyl (C=O) groups is 2. The number of nitro groups is 1. The van der Waals surface area contributed by atoms with Gasteiger partial charge in [-0.05, 0) is 49.6 Å². The Balaban J connectivity index is 1.80. The molecule has 0 aliphatic heterocycles. The lowest BCUT2D eigenvalue weighted by Crippen LogP contribution is -2.21. The molecule has 0 aliphatic carbocycles. The summed E-state index contributed by atoms with van der Waals surface area (Å²) < 4.78 is 0. The maximum Gasteiger partial charge on any atom is 0.269 e. The van der Waals surface area contributed by atoms with Crippen LogP contribution in [0.1, 0.15) is 35.1 Å². The van der Waals surface area contributed by atoms with Crippen molar-refractivity contribution in [2.75, 3.05) is 5.32 Å². The van der Waals surface area contributed by atoms with Gasteiger partial charge >= 0.3 is 0 Å². The zero-order valence-electron chi connectivity index (χ0n) is 16.0. The van der Waals surface area contributed by atoms with Crippen LogP contribution in [0.4, 0.5) is 11.4 Å². The van der Waals surface area contributed by atoms with E-state index in [0.717, 1.165) is 22.4 Å².